The minimum atomic E-state index is -0.213. The van der Waals surface area contributed by atoms with E-state index in [0.717, 1.165) is 25.7 Å². The average molecular weight is 284 g/mol. The Bertz CT molecular complexity index is 595. The van der Waals surface area contributed by atoms with Crippen molar-refractivity contribution in [1.82, 2.24) is 0 Å². The molecule has 1 saturated carbocycles. The SMILES string of the molecule is C[C@@H]1C[C@H]2[C@@H]3CCC4=CC(=O)CCC4=C3C=C[C@]2(C)[C@H]1O. The molecule has 0 aromatic heterocycles. The van der Waals surface area contributed by atoms with Crippen molar-refractivity contribution in [3.05, 3.63) is 34.9 Å². The molecule has 0 saturated heterocycles. The Kier molecular flexibility index (Phi) is 2.85. The van der Waals surface area contributed by atoms with Crippen molar-refractivity contribution in [2.75, 3.05) is 0 Å². The van der Waals surface area contributed by atoms with Crippen LogP contribution in [0.25, 0.3) is 0 Å². The van der Waals surface area contributed by atoms with Crippen LogP contribution in [0.15, 0.2) is 34.9 Å². The van der Waals surface area contributed by atoms with Gasteiger partial charge in [-0.2, -0.15) is 0 Å². The van der Waals surface area contributed by atoms with Crippen LogP contribution >= 0.6 is 0 Å². The van der Waals surface area contributed by atoms with Crippen LogP contribution in [0.5, 0.6) is 0 Å². The number of hydrogen-bond acceptors (Lipinski definition) is 2. The van der Waals surface area contributed by atoms with Crippen molar-refractivity contribution >= 4 is 5.78 Å². The predicted octanol–water partition coefficient (Wildman–Crippen LogP) is 3.58. The van der Waals surface area contributed by atoms with Crippen molar-refractivity contribution in [2.45, 2.75) is 52.1 Å². The van der Waals surface area contributed by atoms with E-state index < -0.39 is 0 Å². The van der Waals surface area contributed by atoms with Gasteiger partial charge in [-0.15, -0.1) is 0 Å². The molecule has 0 aromatic carbocycles. The van der Waals surface area contributed by atoms with Crippen LogP contribution in [0.2, 0.25) is 0 Å². The first-order valence-corrected chi connectivity index (χ1v) is 8.35. The molecule has 0 aliphatic heterocycles. The van der Waals surface area contributed by atoms with Gasteiger partial charge in [-0.05, 0) is 66.2 Å². The molecule has 4 aliphatic rings. The van der Waals surface area contributed by atoms with Crippen LogP contribution in [-0.2, 0) is 4.79 Å². The molecular formula is C19H24O2. The third kappa shape index (κ3) is 1.78. The van der Waals surface area contributed by atoms with E-state index >= 15 is 0 Å². The summed E-state index contributed by atoms with van der Waals surface area (Å²) >= 11 is 0. The van der Waals surface area contributed by atoms with Gasteiger partial charge in [0.2, 0.25) is 0 Å². The second-order valence-corrected chi connectivity index (χ2v) is 7.68. The van der Waals surface area contributed by atoms with Crippen LogP contribution in [0.1, 0.15) is 46.0 Å². The third-order valence-corrected chi connectivity index (χ3v) is 6.53. The van der Waals surface area contributed by atoms with E-state index in [1.54, 1.807) is 0 Å². The molecule has 1 N–H and O–H groups in total. The predicted molar refractivity (Wildman–Crippen MR) is 82.6 cm³/mol. The largest absolute Gasteiger partial charge is 0.392 e. The highest BCUT2D eigenvalue weighted by molar-refractivity contribution is 5.93. The molecule has 0 heterocycles. The zero-order chi connectivity index (χ0) is 14.8. The van der Waals surface area contributed by atoms with Crippen LogP contribution < -0.4 is 0 Å². The highest BCUT2D eigenvalue weighted by atomic mass is 16.3. The summed E-state index contributed by atoms with van der Waals surface area (Å²) in [7, 11) is 0. The number of rotatable bonds is 0. The van der Waals surface area contributed by atoms with Crippen molar-refractivity contribution in [1.29, 1.82) is 0 Å². The van der Waals surface area contributed by atoms with Crippen molar-refractivity contribution < 1.29 is 9.90 Å². The van der Waals surface area contributed by atoms with Crippen LogP contribution in [0.3, 0.4) is 0 Å². The lowest BCUT2D eigenvalue weighted by atomic mass is 9.60. The minimum absolute atomic E-state index is 0.0557. The highest BCUT2D eigenvalue weighted by Crippen LogP contribution is 2.58. The van der Waals surface area contributed by atoms with E-state index in [2.05, 4.69) is 26.0 Å². The van der Waals surface area contributed by atoms with Gasteiger partial charge in [-0.3, -0.25) is 4.79 Å². The number of aliphatic hydroxyl groups is 1. The number of hydrogen-bond donors (Lipinski definition) is 1. The van der Waals surface area contributed by atoms with E-state index in [1.165, 1.54) is 16.7 Å². The van der Waals surface area contributed by atoms with Gasteiger partial charge in [0.05, 0.1) is 6.10 Å². The van der Waals surface area contributed by atoms with E-state index in [9.17, 15) is 9.90 Å². The third-order valence-electron chi connectivity index (χ3n) is 6.53. The summed E-state index contributed by atoms with van der Waals surface area (Å²) in [5.41, 5.74) is 4.15. The summed E-state index contributed by atoms with van der Waals surface area (Å²) in [4.78, 5) is 11.6. The van der Waals surface area contributed by atoms with E-state index in [1.807, 2.05) is 6.08 Å². The Morgan fingerprint density at radius 1 is 1.29 bits per heavy atom. The first kappa shape index (κ1) is 13.5. The molecular weight excluding hydrogens is 260 g/mol. The van der Waals surface area contributed by atoms with Gasteiger partial charge in [0.1, 0.15) is 0 Å². The maximum absolute atomic E-state index is 11.6. The molecule has 1 fully saturated rings. The summed E-state index contributed by atoms with van der Waals surface area (Å²) in [5.74, 6) is 1.83. The molecule has 4 aliphatic carbocycles. The molecule has 2 nitrogen and oxygen atoms in total. The maximum Gasteiger partial charge on any atom is 0.156 e. The number of aliphatic hydroxyl groups excluding tert-OH is 1. The second kappa shape index (κ2) is 4.42. The average Bonchev–Trinajstić information content (AvgIpc) is 2.70. The topological polar surface area (TPSA) is 37.3 Å². The van der Waals surface area contributed by atoms with E-state index in [0.29, 0.717) is 30.0 Å². The highest BCUT2D eigenvalue weighted by Gasteiger charge is 2.53. The van der Waals surface area contributed by atoms with Gasteiger partial charge in [-0.25, -0.2) is 0 Å². The molecule has 21 heavy (non-hydrogen) atoms. The molecule has 0 unspecified atom stereocenters. The number of ketones is 1. The fourth-order valence-corrected chi connectivity index (χ4v) is 5.35. The van der Waals surface area contributed by atoms with Crippen molar-refractivity contribution in [2.24, 2.45) is 23.2 Å². The molecule has 0 radical (unpaired) electrons. The summed E-state index contributed by atoms with van der Waals surface area (Å²) in [6.07, 6.45) is 11.1. The van der Waals surface area contributed by atoms with Gasteiger partial charge in [0, 0.05) is 11.8 Å². The molecule has 0 bridgehead atoms. The first-order chi connectivity index (χ1) is 10.0. The molecule has 0 amide bonds. The minimum Gasteiger partial charge on any atom is -0.392 e. The number of carbonyl (C=O) groups excluding carboxylic acids is 1. The summed E-state index contributed by atoms with van der Waals surface area (Å²) in [5, 5.41) is 10.6. The molecule has 2 heteroatoms. The van der Waals surface area contributed by atoms with Crippen LogP contribution in [0.4, 0.5) is 0 Å². The lowest BCUT2D eigenvalue weighted by Gasteiger charge is -2.44. The first-order valence-electron chi connectivity index (χ1n) is 8.35. The smallest absolute Gasteiger partial charge is 0.156 e. The van der Waals surface area contributed by atoms with Gasteiger partial charge < -0.3 is 5.11 Å². The normalized spacial score (nSPS) is 45.1. The van der Waals surface area contributed by atoms with Crippen LogP contribution in [0, 0.1) is 23.2 Å². The monoisotopic (exact) mass is 284 g/mol. The van der Waals surface area contributed by atoms with Gasteiger partial charge >= 0.3 is 0 Å². The summed E-state index contributed by atoms with van der Waals surface area (Å²) in [6.45, 7) is 4.42. The Hall–Kier alpha value is -1.15. The van der Waals surface area contributed by atoms with Crippen molar-refractivity contribution in [3.63, 3.8) is 0 Å². The number of allylic oxidation sites excluding steroid dienone is 5. The van der Waals surface area contributed by atoms with Crippen molar-refractivity contribution in [3.8, 4) is 0 Å². The fraction of sp³-hybridized carbons (Fsp3) is 0.632. The molecule has 5 atom stereocenters. The van der Waals surface area contributed by atoms with Gasteiger partial charge in [0.15, 0.2) is 5.78 Å². The molecule has 4 rings (SSSR count). The lowest BCUT2D eigenvalue weighted by Crippen LogP contribution is -2.39. The van der Waals surface area contributed by atoms with Gasteiger partial charge in [0.25, 0.3) is 0 Å². The fourth-order valence-electron chi connectivity index (χ4n) is 5.35. The van der Waals surface area contributed by atoms with Crippen LogP contribution in [-0.4, -0.2) is 17.0 Å². The van der Waals surface area contributed by atoms with E-state index in [-0.39, 0.29) is 11.5 Å². The Labute approximate surface area is 126 Å². The number of fused-ring (bicyclic) bond motifs is 4. The molecule has 0 aromatic rings. The summed E-state index contributed by atoms with van der Waals surface area (Å²) in [6, 6.07) is 0. The molecule has 0 spiro atoms. The van der Waals surface area contributed by atoms with Gasteiger partial charge in [-0.1, -0.05) is 26.0 Å². The summed E-state index contributed by atoms with van der Waals surface area (Å²) < 4.78 is 0. The standard InChI is InChI=1S/C19H24O2/c1-11-9-17-16-5-3-12-10-13(20)4-6-14(12)15(16)7-8-19(17,2)18(11)21/h7-8,10-11,16-18,21H,3-6,9H2,1-2H3/t11-,16-,17+,18+,19+/m1/s1. The zero-order valence-electron chi connectivity index (χ0n) is 12.9. The zero-order valence-corrected chi connectivity index (χ0v) is 12.9. The molecule has 112 valence electrons. The quantitative estimate of drug-likeness (QED) is 0.738. The Morgan fingerprint density at radius 3 is 2.90 bits per heavy atom. The Balaban J connectivity index is 1.81. The maximum atomic E-state index is 11.6. The number of carbonyl (C=O) groups is 1. The second-order valence-electron chi connectivity index (χ2n) is 7.68. The Morgan fingerprint density at radius 2 is 2.10 bits per heavy atom. The lowest BCUT2D eigenvalue weighted by molar-refractivity contribution is -0.114. The van der Waals surface area contributed by atoms with E-state index in [4.69, 9.17) is 0 Å².